The zero-order chi connectivity index (χ0) is 23.2. The molecule has 0 bridgehead atoms. The van der Waals surface area contributed by atoms with Gasteiger partial charge < -0.3 is 19.0 Å². The number of carbonyl (C=O) groups is 1. The largest absolute Gasteiger partial charge is 0.492 e. The second kappa shape index (κ2) is 10.6. The number of carboxylic acids is 1. The van der Waals surface area contributed by atoms with Crippen LogP contribution in [0.2, 0.25) is 10.0 Å². The fraction of sp³-hybridized carbons (Fsp3) is 0.300. The van der Waals surface area contributed by atoms with Crippen molar-refractivity contribution in [1.29, 1.82) is 5.41 Å². The summed E-state index contributed by atoms with van der Waals surface area (Å²) in [7, 11) is 0. The van der Waals surface area contributed by atoms with E-state index in [1.807, 2.05) is 21.3 Å². The molecule has 0 aliphatic rings. The molecule has 0 saturated carbocycles. The molecular formula is C20H20Cl2F3N3O3. The van der Waals surface area contributed by atoms with Crippen LogP contribution in [0.5, 0.6) is 5.75 Å². The Bertz CT molecular complexity index is 1110. The number of ether oxygens (including phenoxy) is 1. The number of para-hydroxylation sites is 2. The number of hydrogen-bond donors (Lipinski definition) is 2. The van der Waals surface area contributed by atoms with Gasteiger partial charge in [-0.25, -0.2) is 4.79 Å². The van der Waals surface area contributed by atoms with Gasteiger partial charge in [0.25, 0.3) is 0 Å². The maximum Gasteiger partial charge on any atom is 0.490 e. The minimum absolute atomic E-state index is 0.513. The molecule has 0 radical (unpaired) electrons. The van der Waals surface area contributed by atoms with Crippen LogP contribution in [-0.4, -0.2) is 33.0 Å². The normalized spacial score (nSPS) is 11.2. The lowest BCUT2D eigenvalue weighted by atomic mass is 10.3. The number of nitrogens with one attached hydrogen (secondary N) is 1. The molecule has 11 heteroatoms. The number of benzene rings is 2. The summed E-state index contributed by atoms with van der Waals surface area (Å²) in [6.45, 7) is 4.08. The highest BCUT2D eigenvalue weighted by Crippen LogP contribution is 2.27. The van der Waals surface area contributed by atoms with E-state index >= 15 is 0 Å². The number of fused-ring (bicyclic) bond motifs is 1. The highest BCUT2D eigenvalue weighted by Gasteiger charge is 2.38. The number of halogens is 5. The SMILES string of the molecule is CCn1c(=N)n(CCCOc2ccc(Cl)cc2Cl)c2ccccc21.O=C(O)C(F)(F)F. The van der Waals surface area contributed by atoms with Crippen LogP contribution in [0.1, 0.15) is 13.3 Å². The molecule has 0 spiro atoms. The smallest absolute Gasteiger partial charge is 0.490 e. The summed E-state index contributed by atoms with van der Waals surface area (Å²) in [6.07, 6.45) is -4.30. The summed E-state index contributed by atoms with van der Waals surface area (Å²) in [5, 5.41) is 16.6. The summed E-state index contributed by atoms with van der Waals surface area (Å²) in [4.78, 5) is 8.90. The van der Waals surface area contributed by atoms with Crippen molar-refractivity contribution in [1.82, 2.24) is 9.13 Å². The van der Waals surface area contributed by atoms with Crippen LogP contribution >= 0.6 is 23.2 Å². The lowest BCUT2D eigenvalue weighted by molar-refractivity contribution is -0.192. The van der Waals surface area contributed by atoms with Crippen molar-refractivity contribution in [3.05, 3.63) is 58.1 Å². The molecule has 2 aromatic carbocycles. The Kier molecular flexibility index (Phi) is 8.41. The Morgan fingerprint density at radius 1 is 1.13 bits per heavy atom. The number of alkyl halides is 3. The first-order valence-corrected chi connectivity index (χ1v) is 9.92. The summed E-state index contributed by atoms with van der Waals surface area (Å²) in [6, 6.07) is 13.3. The highest BCUT2D eigenvalue weighted by molar-refractivity contribution is 6.35. The van der Waals surface area contributed by atoms with Crippen molar-refractivity contribution in [2.45, 2.75) is 32.6 Å². The van der Waals surface area contributed by atoms with E-state index in [-0.39, 0.29) is 0 Å². The van der Waals surface area contributed by atoms with Crippen LogP contribution in [0.25, 0.3) is 11.0 Å². The van der Waals surface area contributed by atoms with Crippen molar-refractivity contribution < 1.29 is 27.8 Å². The number of imidazole rings is 1. The first-order valence-electron chi connectivity index (χ1n) is 9.16. The van der Waals surface area contributed by atoms with E-state index in [1.54, 1.807) is 18.2 Å². The molecule has 0 aliphatic carbocycles. The maximum atomic E-state index is 10.6. The van der Waals surface area contributed by atoms with E-state index in [0.29, 0.717) is 28.0 Å². The third-order valence-electron chi connectivity index (χ3n) is 4.21. The predicted molar refractivity (Wildman–Crippen MR) is 112 cm³/mol. The lowest BCUT2D eigenvalue weighted by Crippen LogP contribution is -2.24. The second-order valence-electron chi connectivity index (χ2n) is 6.29. The third-order valence-corrected chi connectivity index (χ3v) is 4.74. The van der Waals surface area contributed by atoms with Crippen LogP contribution in [0.3, 0.4) is 0 Å². The zero-order valence-electron chi connectivity index (χ0n) is 16.4. The lowest BCUT2D eigenvalue weighted by Gasteiger charge is -2.09. The number of nitrogens with zero attached hydrogens (tertiary/aromatic N) is 2. The number of carboxylic acid groups (broad SMARTS) is 1. The summed E-state index contributed by atoms with van der Waals surface area (Å²) < 4.78 is 41.5. The molecule has 3 aromatic rings. The Morgan fingerprint density at radius 3 is 2.23 bits per heavy atom. The third kappa shape index (κ3) is 6.41. The molecule has 2 N–H and O–H groups in total. The topological polar surface area (TPSA) is 80.2 Å². The molecule has 168 valence electrons. The number of aliphatic carboxylic acids is 1. The first-order chi connectivity index (χ1) is 14.6. The molecule has 0 unspecified atom stereocenters. The average molecular weight is 478 g/mol. The van der Waals surface area contributed by atoms with Crippen LogP contribution in [0.4, 0.5) is 13.2 Å². The van der Waals surface area contributed by atoms with Crippen LogP contribution in [-0.2, 0) is 17.9 Å². The Morgan fingerprint density at radius 2 is 1.71 bits per heavy atom. The minimum atomic E-state index is -5.08. The van der Waals surface area contributed by atoms with Gasteiger partial charge in [0.1, 0.15) is 5.75 Å². The van der Waals surface area contributed by atoms with Crippen molar-refractivity contribution in [3.63, 3.8) is 0 Å². The monoisotopic (exact) mass is 477 g/mol. The van der Waals surface area contributed by atoms with E-state index in [1.165, 1.54) is 0 Å². The Labute approximate surface area is 185 Å². The van der Waals surface area contributed by atoms with Gasteiger partial charge in [-0.15, -0.1) is 0 Å². The van der Waals surface area contributed by atoms with E-state index in [0.717, 1.165) is 30.5 Å². The first kappa shape index (κ1) is 24.6. The number of aromatic nitrogens is 2. The van der Waals surface area contributed by atoms with Gasteiger partial charge in [-0.3, -0.25) is 5.41 Å². The quantitative estimate of drug-likeness (QED) is 0.469. The second-order valence-corrected chi connectivity index (χ2v) is 7.13. The van der Waals surface area contributed by atoms with Gasteiger partial charge in [-0.1, -0.05) is 35.3 Å². The van der Waals surface area contributed by atoms with Crippen molar-refractivity contribution in [3.8, 4) is 5.75 Å². The molecule has 0 amide bonds. The van der Waals surface area contributed by atoms with E-state index in [4.69, 9.17) is 43.2 Å². The van der Waals surface area contributed by atoms with Gasteiger partial charge in [-0.05, 0) is 43.7 Å². The van der Waals surface area contributed by atoms with E-state index in [2.05, 4.69) is 19.1 Å². The Hall–Kier alpha value is -2.65. The molecule has 0 atom stereocenters. The molecule has 31 heavy (non-hydrogen) atoms. The molecule has 6 nitrogen and oxygen atoms in total. The fourth-order valence-electron chi connectivity index (χ4n) is 2.84. The highest BCUT2D eigenvalue weighted by atomic mass is 35.5. The molecular weight excluding hydrogens is 458 g/mol. The van der Waals surface area contributed by atoms with Crippen LogP contribution in [0, 0.1) is 5.41 Å². The molecule has 0 aliphatic heterocycles. The van der Waals surface area contributed by atoms with E-state index in [9.17, 15) is 13.2 Å². The van der Waals surface area contributed by atoms with Crippen molar-refractivity contribution in [2.75, 3.05) is 6.61 Å². The Balaban J connectivity index is 0.000000423. The molecule has 0 saturated heterocycles. The van der Waals surface area contributed by atoms with Gasteiger partial charge in [0, 0.05) is 18.1 Å². The molecule has 1 aromatic heterocycles. The summed E-state index contributed by atoms with van der Waals surface area (Å²) >= 11 is 12.0. The molecule has 0 fully saturated rings. The van der Waals surface area contributed by atoms with Crippen molar-refractivity contribution >= 4 is 40.2 Å². The van der Waals surface area contributed by atoms with Crippen molar-refractivity contribution in [2.24, 2.45) is 0 Å². The molecule has 1 heterocycles. The van der Waals surface area contributed by atoms with Gasteiger partial charge in [-0.2, -0.15) is 13.2 Å². The average Bonchev–Trinajstić information content (AvgIpc) is 2.97. The summed E-state index contributed by atoms with van der Waals surface area (Å²) in [5.74, 6) is -2.12. The maximum absolute atomic E-state index is 10.6. The zero-order valence-corrected chi connectivity index (χ0v) is 17.9. The van der Waals surface area contributed by atoms with Crippen LogP contribution < -0.4 is 10.4 Å². The number of rotatable bonds is 6. The number of hydrogen-bond acceptors (Lipinski definition) is 3. The molecule has 3 rings (SSSR count). The van der Waals surface area contributed by atoms with Crippen LogP contribution in [0.15, 0.2) is 42.5 Å². The minimum Gasteiger partial charge on any atom is -0.492 e. The number of aryl methyl sites for hydroxylation is 2. The van der Waals surface area contributed by atoms with Gasteiger partial charge in [0.05, 0.1) is 22.7 Å². The predicted octanol–water partition coefficient (Wildman–Crippen LogP) is 5.35. The fourth-order valence-corrected chi connectivity index (χ4v) is 3.30. The summed E-state index contributed by atoms with van der Waals surface area (Å²) in [5.41, 5.74) is 2.68. The van der Waals surface area contributed by atoms with E-state index < -0.39 is 12.1 Å². The van der Waals surface area contributed by atoms with Gasteiger partial charge in [0.15, 0.2) is 0 Å². The van der Waals surface area contributed by atoms with Gasteiger partial charge in [0.2, 0.25) is 5.62 Å². The standard InChI is InChI=1S/C18H19Cl2N3O.C2HF3O2/c1-2-22-15-6-3-4-7-16(15)23(18(22)21)10-5-11-24-17-9-8-13(19)12-14(17)20;3-2(4,5)1(6)7/h3-4,6-9,12,21H,2,5,10-11H2,1H3;(H,6,7). The van der Waals surface area contributed by atoms with Gasteiger partial charge >= 0.3 is 12.1 Å².